The Balaban J connectivity index is 2.51. The molecule has 0 aliphatic heterocycles. The molecule has 0 amide bonds. The van der Waals surface area contributed by atoms with Crippen molar-refractivity contribution in [3.05, 3.63) is 47.7 Å². The summed E-state index contributed by atoms with van der Waals surface area (Å²) in [5.74, 6) is 0.674. The van der Waals surface area contributed by atoms with E-state index in [1.54, 1.807) is 0 Å². The Hall–Kier alpha value is -1.41. The fraction of sp³-hybridized carbons (Fsp3) is 0.421. The number of hydrogen-bond donors (Lipinski definition) is 0. The van der Waals surface area contributed by atoms with E-state index in [0.29, 0.717) is 5.92 Å². The van der Waals surface area contributed by atoms with Gasteiger partial charge in [-0.1, -0.05) is 57.3 Å². The van der Waals surface area contributed by atoms with Crippen LogP contribution in [0.15, 0.2) is 36.5 Å². The molecule has 1 aromatic carbocycles. The zero-order valence-electron chi connectivity index (χ0n) is 14.2. The Morgan fingerprint density at radius 1 is 1.10 bits per heavy atom. The highest BCUT2D eigenvalue weighted by atomic mass is 28.3. The van der Waals surface area contributed by atoms with Gasteiger partial charge >= 0.3 is 0 Å². The van der Waals surface area contributed by atoms with Crippen LogP contribution in [0.5, 0.6) is 0 Å². The molecule has 0 unspecified atom stereocenters. The molecule has 0 atom stereocenters. The van der Waals surface area contributed by atoms with Crippen molar-refractivity contribution in [2.45, 2.75) is 46.8 Å². The van der Waals surface area contributed by atoms with Crippen LogP contribution in [-0.4, -0.2) is 13.1 Å². The van der Waals surface area contributed by atoms with Gasteiger partial charge in [0.2, 0.25) is 0 Å². The normalized spacial score (nSPS) is 12.0. The van der Waals surface area contributed by atoms with E-state index < -0.39 is 8.07 Å². The molecular formula is C19H27NSi. The van der Waals surface area contributed by atoms with E-state index in [2.05, 4.69) is 76.9 Å². The Bertz CT molecular complexity index is 624. The van der Waals surface area contributed by atoms with Crippen molar-refractivity contribution in [2.75, 3.05) is 0 Å². The first-order chi connectivity index (χ1) is 9.77. The molecule has 0 aliphatic carbocycles. The molecule has 0 radical (unpaired) electrons. The molecule has 2 rings (SSSR count). The van der Waals surface area contributed by atoms with Crippen LogP contribution in [0.1, 0.15) is 25.0 Å². The largest absolute Gasteiger partial charge is 0.256 e. The zero-order valence-corrected chi connectivity index (χ0v) is 15.2. The summed E-state index contributed by atoms with van der Waals surface area (Å²) in [5.41, 5.74) is 5.11. The Labute approximate surface area is 130 Å². The van der Waals surface area contributed by atoms with E-state index in [0.717, 1.165) is 12.1 Å². The van der Waals surface area contributed by atoms with Crippen molar-refractivity contribution in [3.63, 3.8) is 0 Å². The zero-order chi connectivity index (χ0) is 15.6. The fourth-order valence-electron chi connectivity index (χ4n) is 2.74. The van der Waals surface area contributed by atoms with Crippen LogP contribution in [0.3, 0.4) is 0 Å². The van der Waals surface area contributed by atoms with Gasteiger partial charge in [-0.2, -0.15) is 0 Å². The average Bonchev–Trinajstić information content (AvgIpc) is 2.36. The second kappa shape index (κ2) is 6.14. The van der Waals surface area contributed by atoms with Gasteiger partial charge in [-0.05, 0) is 42.1 Å². The van der Waals surface area contributed by atoms with Gasteiger partial charge in [-0.15, -0.1) is 0 Å². The molecule has 0 aliphatic rings. The Morgan fingerprint density at radius 2 is 1.81 bits per heavy atom. The first-order valence-electron chi connectivity index (χ1n) is 7.84. The average molecular weight is 298 g/mol. The van der Waals surface area contributed by atoms with Gasteiger partial charge in [0.15, 0.2) is 0 Å². The van der Waals surface area contributed by atoms with Crippen LogP contribution in [0.25, 0.3) is 11.3 Å². The van der Waals surface area contributed by atoms with Crippen LogP contribution < -0.4 is 5.19 Å². The minimum Gasteiger partial charge on any atom is -0.256 e. The van der Waals surface area contributed by atoms with Crippen molar-refractivity contribution < 1.29 is 0 Å². The van der Waals surface area contributed by atoms with Crippen molar-refractivity contribution >= 4 is 13.3 Å². The molecule has 0 bridgehead atoms. The molecule has 2 aromatic rings. The Kier molecular flexibility index (Phi) is 4.67. The summed E-state index contributed by atoms with van der Waals surface area (Å²) in [6.45, 7) is 13.9. The number of aromatic nitrogens is 1. The van der Waals surface area contributed by atoms with Crippen LogP contribution in [0.2, 0.25) is 19.6 Å². The van der Waals surface area contributed by atoms with Crippen molar-refractivity contribution in [3.8, 4) is 11.3 Å². The lowest BCUT2D eigenvalue weighted by atomic mass is 10.0. The molecule has 2 heteroatoms. The van der Waals surface area contributed by atoms with Gasteiger partial charge < -0.3 is 0 Å². The first-order valence-corrected chi connectivity index (χ1v) is 11.3. The van der Waals surface area contributed by atoms with E-state index in [-0.39, 0.29) is 0 Å². The maximum Gasteiger partial charge on any atom is 0.0799 e. The lowest BCUT2D eigenvalue weighted by Crippen LogP contribution is -2.40. The predicted octanol–water partition coefficient (Wildman–Crippen LogP) is 4.80. The third-order valence-corrected chi connectivity index (χ3v) is 5.81. The number of nitrogens with zero attached hydrogens (tertiary/aromatic N) is 1. The second-order valence-electron chi connectivity index (χ2n) is 7.44. The molecule has 1 nitrogen and oxygen atoms in total. The third kappa shape index (κ3) is 4.04. The van der Waals surface area contributed by atoms with E-state index in [4.69, 9.17) is 4.98 Å². The maximum atomic E-state index is 4.76. The summed E-state index contributed by atoms with van der Waals surface area (Å²) < 4.78 is 0. The molecule has 112 valence electrons. The summed E-state index contributed by atoms with van der Waals surface area (Å²) in [6.07, 6.45) is 3.28. The van der Waals surface area contributed by atoms with E-state index in [1.165, 1.54) is 21.9 Å². The predicted molar refractivity (Wildman–Crippen MR) is 95.9 cm³/mol. The number of aryl methyl sites for hydroxylation is 1. The number of pyridine rings is 1. The molecule has 1 aromatic heterocycles. The van der Waals surface area contributed by atoms with Crippen molar-refractivity contribution in [2.24, 2.45) is 5.92 Å². The van der Waals surface area contributed by atoms with Crippen LogP contribution in [-0.2, 0) is 6.42 Å². The summed E-state index contributed by atoms with van der Waals surface area (Å²) in [7, 11) is -1.34. The molecule has 0 saturated heterocycles. The quantitative estimate of drug-likeness (QED) is 0.739. The highest BCUT2D eigenvalue weighted by Crippen LogP contribution is 2.21. The molecule has 0 fully saturated rings. The van der Waals surface area contributed by atoms with Crippen LogP contribution in [0.4, 0.5) is 0 Å². The monoisotopic (exact) mass is 297 g/mol. The smallest absolute Gasteiger partial charge is 0.0799 e. The molecule has 0 N–H and O–H groups in total. The minimum absolute atomic E-state index is 0.674. The topological polar surface area (TPSA) is 12.9 Å². The van der Waals surface area contributed by atoms with Crippen LogP contribution in [0, 0.1) is 12.8 Å². The molecule has 0 saturated carbocycles. The number of rotatable bonds is 4. The first kappa shape index (κ1) is 16.0. The van der Waals surface area contributed by atoms with Crippen molar-refractivity contribution in [1.29, 1.82) is 0 Å². The molecular weight excluding hydrogens is 270 g/mol. The summed E-state index contributed by atoms with van der Waals surface area (Å²) in [4.78, 5) is 4.76. The van der Waals surface area contributed by atoms with Gasteiger partial charge in [0, 0.05) is 11.8 Å². The molecule has 0 spiro atoms. The van der Waals surface area contributed by atoms with E-state index in [9.17, 15) is 0 Å². The standard InChI is InChI=1S/C19H27NSi/c1-14(2)10-17-12-18(16-9-7-8-15(3)11-16)20-13-19(17)21(4,5)6/h7-9,11-14H,10H2,1-6H3. The lowest BCUT2D eigenvalue weighted by molar-refractivity contribution is 0.649. The SMILES string of the molecule is Cc1cccc(-c2cc(CC(C)C)c([Si](C)(C)C)cn2)c1. The number of hydrogen-bond acceptors (Lipinski definition) is 1. The molecule has 1 heterocycles. The summed E-state index contributed by atoms with van der Waals surface area (Å²) in [6, 6.07) is 10.9. The maximum absolute atomic E-state index is 4.76. The highest BCUT2D eigenvalue weighted by Gasteiger charge is 2.21. The van der Waals surface area contributed by atoms with Crippen molar-refractivity contribution in [1.82, 2.24) is 4.98 Å². The lowest BCUT2D eigenvalue weighted by Gasteiger charge is -2.22. The summed E-state index contributed by atoms with van der Waals surface area (Å²) in [5, 5.41) is 1.51. The minimum atomic E-state index is -1.34. The third-order valence-electron chi connectivity index (χ3n) is 3.74. The van der Waals surface area contributed by atoms with Gasteiger partial charge in [-0.25, -0.2) is 0 Å². The highest BCUT2D eigenvalue weighted by molar-refractivity contribution is 6.89. The van der Waals surface area contributed by atoms with E-state index >= 15 is 0 Å². The van der Waals surface area contributed by atoms with E-state index in [1.807, 2.05) is 0 Å². The van der Waals surface area contributed by atoms with Gasteiger partial charge in [-0.3, -0.25) is 4.98 Å². The number of benzene rings is 1. The molecule has 21 heavy (non-hydrogen) atoms. The fourth-order valence-corrected chi connectivity index (χ4v) is 4.33. The van der Waals surface area contributed by atoms with Gasteiger partial charge in [0.1, 0.15) is 0 Å². The second-order valence-corrected chi connectivity index (χ2v) is 12.5. The van der Waals surface area contributed by atoms with Gasteiger partial charge in [0.25, 0.3) is 0 Å². The van der Waals surface area contributed by atoms with Gasteiger partial charge in [0.05, 0.1) is 13.8 Å². The van der Waals surface area contributed by atoms with Crippen LogP contribution >= 0.6 is 0 Å². The Morgan fingerprint density at radius 3 is 2.38 bits per heavy atom. The summed E-state index contributed by atoms with van der Waals surface area (Å²) >= 11 is 0.